The molecule has 0 amide bonds. The van der Waals surface area contributed by atoms with Crippen molar-refractivity contribution >= 4 is 28.5 Å². The number of rotatable bonds is 3. The van der Waals surface area contributed by atoms with E-state index in [4.69, 9.17) is 0 Å². The van der Waals surface area contributed by atoms with Crippen molar-refractivity contribution in [3.8, 4) is 11.1 Å². The number of halogens is 1. The van der Waals surface area contributed by atoms with E-state index >= 15 is 0 Å². The van der Waals surface area contributed by atoms with Crippen LogP contribution >= 0.6 is 15.9 Å². The van der Waals surface area contributed by atoms with E-state index in [1.54, 1.807) is 18.2 Å². The Morgan fingerprint density at radius 1 is 0.824 bits per heavy atom. The van der Waals surface area contributed by atoms with Gasteiger partial charge in [0, 0.05) is 15.6 Å². The molecule has 2 aromatic carbocycles. The predicted molar refractivity (Wildman–Crippen MR) is 70.4 cm³/mol. The van der Waals surface area contributed by atoms with E-state index in [1.807, 2.05) is 24.3 Å². The minimum absolute atomic E-state index is 0.557. The molecule has 0 aliphatic carbocycles. The first-order valence-electron chi connectivity index (χ1n) is 5.06. The molecule has 0 N–H and O–H groups in total. The molecule has 0 aliphatic rings. The second kappa shape index (κ2) is 5.06. The molecule has 0 fully saturated rings. The number of carbonyl (C=O) groups is 2. The summed E-state index contributed by atoms with van der Waals surface area (Å²) in [6, 6.07) is 12.7. The Morgan fingerprint density at radius 3 is 2.24 bits per heavy atom. The van der Waals surface area contributed by atoms with E-state index < -0.39 is 0 Å². The van der Waals surface area contributed by atoms with Crippen molar-refractivity contribution in [3.63, 3.8) is 0 Å². The Labute approximate surface area is 107 Å². The summed E-state index contributed by atoms with van der Waals surface area (Å²) in [4.78, 5) is 22.1. The predicted octanol–water partition coefficient (Wildman–Crippen LogP) is 3.74. The fourth-order valence-electron chi connectivity index (χ4n) is 1.74. The van der Waals surface area contributed by atoms with Gasteiger partial charge in [0.1, 0.15) is 0 Å². The zero-order valence-electron chi connectivity index (χ0n) is 8.89. The molecule has 17 heavy (non-hydrogen) atoms. The van der Waals surface area contributed by atoms with E-state index in [0.29, 0.717) is 11.1 Å². The molecule has 0 saturated heterocycles. The Kier molecular flexibility index (Phi) is 3.49. The van der Waals surface area contributed by atoms with Crippen molar-refractivity contribution in [3.05, 3.63) is 58.1 Å². The Hall–Kier alpha value is -1.74. The van der Waals surface area contributed by atoms with Gasteiger partial charge in [-0.25, -0.2) is 0 Å². The third-order valence-electron chi connectivity index (χ3n) is 2.55. The number of hydrogen-bond donors (Lipinski definition) is 0. The summed E-state index contributed by atoms with van der Waals surface area (Å²) in [5.74, 6) is 0. The first-order chi connectivity index (χ1) is 8.27. The number of benzene rings is 2. The van der Waals surface area contributed by atoms with Gasteiger partial charge in [-0.05, 0) is 17.2 Å². The first-order valence-corrected chi connectivity index (χ1v) is 5.85. The summed E-state index contributed by atoms with van der Waals surface area (Å²) in [5.41, 5.74) is 2.67. The molecule has 0 atom stereocenters. The van der Waals surface area contributed by atoms with Crippen LogP contribution in [0.15, 0.2) is 46.9 Å². The Bertz CT molecular complexity index is 576. The zero-order chi connectivity index (χ0) is 12.3. The lowest BCUT2D eigenvalue weighted by atomic mass is 9.96. The maximum absolute atomic E-state index is 11.1. The lowest BCUT2D eigenvalue weighted by Gasteiger charge is -2.08. The van der Waals surface area contributed by atoms with Gasteiger partial charge in [-0.3, -0.25) is 9.59 Å². The second-order valence-electron chi connectivity index (χ2n) is 3.52. The molecule has 0 aromatic heterocycles. The third kappa shape index (κ3) is 2.19. The van der Waals surface area contributed by atoms with Crippen LogP contribution in [0.3, 0.4) is 0 Å². The van der Waals surface area contributed by atoms with E-state index in [-0.39, 0.29) is 0 Å². The lowest BCUT2D eigenvalue weighted by molar-refractivity contribution is 0.111. The van der Waals surface area contributed by atoms with Gasteiger partial charge >= 0.3 is 0 Å². The van der Waals surface area contributed by atoms with Crippen molar-refractivity contribution in [1.29, 1.82) is 0 Å². The maximum Gasteiger partial charge on any atom is 0.151 e. The van der Waals surface area contributed by atoms with Gasteiger partial charge in [0.05, 0.1) is 0 Å². The summed E-state index contributed by atoms with van der Waals surface area (Å²) in [6.07, 6.45) is 1.59. The third-order valence-corrected chi connectivity index (χ3v) is 3.24. The van der Waals surface area contributed by atoms with E-state index in [2.05, 4.69) is 15.9 Å². The van der Waals surface area contributed by atoms with Crippen molar-refractivity contribution < 1.29 is 9.59 Å². The molecule has 0 spiro atoms. The van der Waals surface area contributed by atoms with Crippen molar-refractivity contribution in [2.24, 2.45) is 0 Å². The zero-order valence-corrected chi connectivity index (χ0v) is 10.5. The topological polar surface area (TPSA) is 34.1 Å². The minimum Gasteiger partial charge on any atom is -0.298 e. The van der Waals surface area contributed by atoms with E-state index in [0.717, 1.165) is 28.2 Å². The van der Waals surface area contributed by atoms with Crippen LogP contribution in [0, 0.1) is 0 Å². The minimum atomic E-state index is 0.557. The molecule has 2 nitrogen and oxygen atoms in total. The number of carbonyl (C=O) groups excluding carboxylic acids is 2. The summed E-state index contributed by atoms with van der Waals surface area (Å²) in [6.45, 7) is 0. The van der Waals surface area contributed by atoms with Crippen LogP contribution < -0.4 is 0 Å². The maximum atomic E-state index is 11.1. The summed E-state index contributed by atoms with van der Waals surface area (Å²) in [7, 11) is 0. The fourth-order valence-corrected chi connectivity index (χ4v) is 2.20. The average Bonchev–Trinajstić information content (AvgIpc) is 2.38. The summed E-state index contributed by atoms with van der Waals surface area (Å²) in [5, 5.41) is 0. The van der Waals surface area contributed by atoms with Crippen LogP contribution in [-0.4, -0.2) is 12.6 Å². The summed E-state index contributed by atoms with van der Waals surface area (Å²) >= 11 is 3.33. The van der Waals surface area contributed by atoms with Crippen LogP contribution in [0.1, 0.15) is 20.7 Å². The molecule has 0 unspecified atom stereocenters. The van der Waals surface area contributed by atoms with Crippen molar-refractivity contribution in [2.45, 2.75) is 0 Å². The molecule has 0 aliphatic heterocycles. The largest absolute Gasteiger partial charge is 0.298 e. The highest BCUT2D eigenvalue weighted by Gasteiger charge is 2.10. The highest BCUT2D eigenvalue weighted by Crippen LogP contribution is 2.29. The standard InChI is InChI=1S/C14H9BrO2/c15-14-7-3-6-12(13(14)9-17)11-5-2-1-4-10(11)8-16/h1-9H. The van der Waals surface area contributed by atoms with Crippen LogP contribution in [0.4, 0.5) is 0 Å². The molecule has 0 saturated carbocycles. The van der Waals surface area contributed by atoms with Crippen molar-refractivity contribution in [2.75, 3.05) is 0 Å². The number of hydrogen-bond acceptors (Lipinski definition) is 2. The van der Waals surface area contributed by atoms with Crippen LogP contribution in [0.5, 0.6) is 0 Å². The van der Waals surface area contributed by atoms with Crippen LogP contribution in [0.2, 0.25) is 0 Å². The smallest absolute Gasteiger partial charge is 0.151 e. The quantitative estimate of drug-likeness (QED) is 0.807. The molecule has 3 heteroatoms. The van der Waals surface area contributed by atoms with E-state index in [1.165, 1.54) is 0 Å². The van der Waals surface area contributed by atoms with Gasteiger partial charge in [-0.15, -0.1) is 0 Å². The number of aldehydes is 2. The van der Waals surface area contributed by atoms with Gasteiger partial charge in [0.2, 0.25) is 0 Å². The van der Waals surface area contributed by atoms with Crippen LogP contribution in [-0.2, 0) is 0 Å². The van der Waals surface area contributed by atoms with Gasteiger partial charge < -0.3 is 0 Å². The molecule has 0 bridgehead atoms. The fraction of sp³-hybridized carbons (Fsp3) is 0. The SMILES string of the molecule is O=Cc1ccccc1-c1cccc(Br)c1C=O. The van der Waals surface area contributed by atoms with Crippen LogP contribution in [0.25, 0.3) is 11.1 Å². The molecular weight excluding hydrogens is 280 g/mol. The van der Waals surface area contributed by atoms with Gasteiger partial charge in [-0.2, -0.15) is 0 Å². The molecule has 84 valence electrons. The van der Waals surface area contributed by atoms with E-state index in [9.17, 15) is 9.59 Å². The first kappa shape index (κ1) is 11.7. The summed E-state index contributed by atoms with van der Waals surface area (Å²) < 4.78 is 0.728. The monoisotopic (exact) mass is 288 g/mol. The van der Waals surface area contributed by atoms with Crippen molar-refractivity contribution in [1.82, 2.24) is 0 Å². The highest BCUT2D eigenvalue weighted by molar-refractivity contribution is 9.10. The molecule has 0 radical (unpaired) electrons. The Morgan fingerprint density at radius 2 is 1.53 bits per heavy atom. The highest BCUT2D eigenvalue weighted by atomic mass is 79.9. The normalized spacial score (nSPS) is 9.94. The molecule has 2 rings (SSSR count). The molecular formula is C14H9BrO2. The van der Waals surface area contributed by atoms with Gasteiger partial charge in [0.25, 0.3) is 0 Å². The lowest BCUT2D eigenvalue weighted by Crippen LogP contribution is -1.93. The Balaban J connectivity index is 2.72. The van der Waals surface area contributed by atoms with Gasteiger partial charge in [0.15, 0.2) is 12.6 Å². The molecule has 0 heterocycles. The second-order valence-corrected chi connectivity index (χ2v) is 4.38. The van der Waals surface area contributed by atoms with Gasteiger partial charge in [-0.1, -0.05) is 52.3 Å². The molecule has 2 aromatic rings. The average molecular weight is 289 g/mol.